The molecule has 0 radical (unpaired) electrons. The Balaban J connectivity index is 2.57. The van der Waals surface area contributed by atoms with E-state index >= 15 is 0 Å². The number of benzene rings is 3. The van der Waals surface area contributed by atoms with Crippen LogP contribution in [0.5, 0.6) is 0 Å². The van der Waals surface area contributed by atoms with E-state index < -0.39 is 57.1 Å². The molecule has 118 valence electrons. The second-order valence-electron chi connectivity index (χ2n) is 4.69. The van der Waals surface area contributed by atoms with Gasteiger partial charge in [0.15, 0.2) is 34.9 Å². The van der Waals surface area contributed by atoms with Gasteiger partial charge in [0.1, 0.15) is 5.82 Å². The van der Waals surface area contributed by atoms with Crippen molar-refractivity contribution in [2.45, 2.75) is 0 Å². The Morgan fingerprint density at radius 2 is 0.870 bits per heavy atom. The maximum Gasteiger partial charge on any atom is 0.198 e. The second-order valence-corrected chi connectivity index (χ2v) is 4.69. The summed E-state index contributed by atoms with van der Waals surface area (Å²) in [5.74, 6) is -14.5. The van der Waals surface area contributed by atoms with Gasteiger partial charge in [0.05, 0.1) is 16.3 Å². The summed E-state index contributed by atoms with van der Waals surface area (Å²) in [6.45, 7) is 0. The van der Waals surface area contributed by atoms with Crippen molar-refractivity contribution in [2.75, 3.05) is 0 Å². The fraction of sp³-hybridized carbons (Fsp3) is 0. The van der Waals surface area contributed by atoms with Gasteiger partial charge in [-0.15, -0.1) is 0 Å². The molecule has 0 aliphatic heterocycles. The van der Waals surface area contributed by atoms with Crippen molar-refractivity contribution in [2.24, 2.45) is 0 Å². The molecule has 0 spiro atoms. The quantitative estimate of drug-likeness (QED) is 0.315. The molecule has 3 aromatic rings. The summed E-state index contributed by atoms with van der Waals surface area (Å²) < 4.78 is 96.5. The van der Waals surface area contributed by atoms with E-state index in [1.54, 1.807) is 0 Å². The van der Waals surface area contributed by atoms with E-state index in [0.717, 1.165) is 0 Å². The van der Waals surface area contributed by atoms with Crippen LogP contribution in [0.15, 0.2) is 30.3 Å². The monoisotopic (exact) mass is 330 g/mol. The summed E-state index contributed by atoms with van der Waals surface area (Å²) in [4.78, 5) is 0. The van der Waals surface area contributed by atoms with Crippen LogP contribution in [0.3, 0.4) is 0 Å². The van der Waals surface area contributed by atoms with E-state index in [4.69, 9.17) is 0 Å². The Kier molecular flexibility index (Phi) is 3.50. The van der Waals surface area contributed by atoms with Crippen molar-refractivity contribution < 1.29 is 30.7 Å². The molecular formula is C16H5F7. The molecule has 0 bridgehead atoms. The van der Waals surface area contributed by atoms with E-state index in [1.165, 1.54) is 30.3 Å². The molecule has 3 rings (SSSR count). The lowest BCUT2D eigenvalue weighted by Crippen LogP contribution is -2.06. The van der Waals surface area contributed by atoms with Gasteiger partial charge in [0.2, 0.25) is 0 Å². The lowest BCUT2D eigenvalue weighted by atomic mass is 9.98. The highest BCUT2D eigenvalue weighted by Crippen LogP contribution is 2.38. The maximum absolute atomic E-state index is 14.4. The first kappa shape index (κ1) is 15.3. The third-order valence-corrected chi connectivity index (χ3v) is 3.40. The van der Waals surface area contributed by atoms with Gasteiger partial charge in [-0.05, 0) is 5.56 Å². The molecule has 0 saturated heterocycles. The van der Waals surface area contributed by atoms with Crippen molar-refractivity contribution in [1.29, 1.82) is 0 Å². The summed E-state index contributed by atoms with van der Waals surface area (Å²) in [5, 5.41) is -3.10. The van der Waals surface area contributed by atoms with Gasteiger partial charge < -0.3 is 0 Å². The van der Waals surface area contributed by atoms with Gasteiger partial charge in [-0.3, -0.25) is 0 Å². The zero-order valence-electron chi connectivity index (χ0n) is 11.0. The molecule has 23 heavy (non-hydrogen) atoms. The summed E-state index contributed by atoms with van der Waals surface area (Å²) in [6.07, 6.45) is 0. The molecule has 0 amide bonds. The van der Waals surface area contributed by atoms with Crippen LogP contribution in [-0.4, -0.2) is 0 Å². The van der Waals surface area contributed by atoms with Crippen molar-refractivity contribution in [3.63, 3.8) is 0 Å². The number of hydrogen-bond acceptors (Lipinski definition) is 0. The first-order valence-electron chi connectivity index (χ1n) is 6.23. The van der Waals surface area contributed by atoms with Crippen LogP contribution in [0.1, 0.15) is 0 Å². The fourth-order valence-electron chi connectivity index (χ4n) is 2.34. The predicted octanol–water partition coefficient (Wildman–Crippen LogP) is 5.48. The van der Waals surface area contributed by atoms with E-state index in [1.807, 2.05) is 0 Å². The van der Waals surface area contributed by atoms with Crippen LogP contribution in [-0.2, 0) is 0 Å². The number of fused-ring (bicyclic) bond motifs is 1. The molecule has 0 heterocycles. The van der Waals surface area contributed by atoms with Crippen LogP contribution in [0.2, 0.25) is 0 Å². The topological polar surface area (TPSA) is 0 Å². The average molecular weight is 330 g/mol. The minimum absolute atomic E-state index is 0.173. The molecule has 0 fully saturated rings. The van der Waals surface area contributed by atoms with Crippen LogP contribution in [0, 0.1) is 40.7 Å². The minimum atomic E-state index is -2.35. The third-order valence-electron chi connectivity index (χ3n) is 3.40. The minimum Gasteiger partial charge on any atom is -0.205 e. The van der Waals surface area contributed by atoms with E-state index in [2.05, 4.69) is 0 Å². The standard InChI is InChI=1S/C16H5F7/c17-10-7(6-4-2-1-3-5-6)11(18)12(19)9-8(10)13(20)15(22)16(23)14(9)21/h1-5H. The number of hydrogen-bond donors (Lipinski definition) is 0. The number of halogens is 7. The van der Waals surface area contributed by atoms with E-state index in [0.29, 0.717) is 0 Å². The third kappa shape index (κ3) is 2.07. The molecule has 0 atom stereocenters. The molecule has 0 aliphatic carbocycles. The maximum atomic E-state index is 14.4. The first-order chi connectivity index (χ1) is 10.9. The van der Waals surface area contributed by atoms with Gasteiger partial charge in [-0.1, -0.05) is 30.3 Å². The van der Waals surface area contributed by atoms with Crippen molar-refractivity contribution in [3.05, 3.63) is 71.1 Å². The van der Waals surface area contributed by atoms with E-state index in [9.17, 15) is 30.7 Å². The SMILES string of the molecule is Fc1c(F)c(F)c2c(F)c(-c3ccccc3)c(F)c(F)c2c1F. The van der Waals surface area contributed by atoms with Crippen molar-refractivity contribution in [3.8, 4) is 11.1 Å². The van der Waals surface area contributed by atoms with Gasteiger partial charge in [0.25, 0.3) is 0 Å². The molecule has 0 aliphatic rings. The largest absolute Gasteiger partial charge is 0.205 e. The molecule has 0 saturated carbocycles. The Labute approximate surface area is 124 Å². The Hall–Kier alpha value is -2.57. The first-order valence-corrected chi connectivity index (χ1v) is 6.23. The molecule has 0 unspecified atom stereocenters. The zero-order valence-corrected chi connectivity index (χ0v) is 11.0. The highest BCUT2D eigenvalue weighted by atomic mass is 19.2. The predicted molar refractivity (Wildman–Crippen MR) is 69.1 cm³/mol. The number of rotatable bonds is 1. The van der Waals surface area contributed by atoms with Gasteiger partial charge in [-0.25, -0.2) is 30.7 Å². The average Bonchev–Trinajstić information content (AvgIpc) is 2.55. The van der Waals surface area contributed by atoms with Crippen LogP contribution in [0.25, 0.3) is 21.9 Å². The zero-order chi connectivity index (χ0) is 16.9. The Bertz CT molecular complexity index is 933. The van der Waals surface area contributed by atoms with Gasteiger partial charge in [0, 0.05) is 0 Å². The summed E-state index contributed by atoms with van der Waals surface area (Å²) in [6, 6.07) is 6.64. The summed E-state index contributed by atoms with van der Waals surface area (Å²) in [7, 11) is 0. The van der Waals surface area contributed by atoms with Gasteiger partial charge in [-0.2, -0.15) is 0 Å². The molecule has 7 heteroatoms. The lowest BCUT2D eigenvalue weighted by Gasteiger charge is -2.12. The molecule has 0 N–H and O–H groups in total. The van der Waals surface area contributed by atoms with Crippen LogP contribution < -0.4 is 0 Å². The van der Waals surface area contributed by atoms with Crippen molar-refractivity contribution >= 4 is 10.8 Å². The smallest absolute Gasteiger partial charge is 0.198 e. The lowest BCUT2D eigenvalue weighted by molar-refractivity contribution is 0.412. The van der Waals surface area contributed by atoms with Crippen LogP contribution in [0.4, 0.5) is 30.7 Å². The highest BCUT2D eigenvalue weighted by Gasteiger charge is 2.30. The normalized spacial score (nSPS) is 11.3. The fourth-order valence-corrected chi connectivity index (χ4v) is 2.34. The van der Waals surface area contributed by atoms with Crippen LogP contribution >= 0.6 is 0 Å². The highest BCUT2D eigenvalue weighted by molar-refractivity contribution is 5.90. The molecule has 0 aromatic heterocycles. The summed E-state index contributed by atoms with van der Waals surface area (Å²) >= 11 is 0. The Morgan fingerprint density at radius 1 is 0.435 bits per heavy atom. The Morgan fingerprint density at radius 3 is 1.39 bits per heavy atom. The summed E-state index contributed by atoms with van der Waals surface area (Å²) in [5.41, 5.74) is -1.17. The second kappa shape index (κ2) is 5.26. The van der Waals surface area contributed by atoms with Crippen molar-refractivity contribution in [1.82, 2.24) is 0 Å². The van der Waals surface area contributed by atoms with Gasteiger partial charge >= 0.3 is 0 Å². The molecule has 3 aromatic carbocycles. The molecular weight excluding hydrogens is 325 g/mol. The van der Waals surface area contributed by atoms with E-state index in [-0.39, 0.29) is 5.56 Å². The molecule has 0 nitrogen and oxygen atoms in total.